The molecule has 1 aliphatic carbocycles. The largest absolute Gasteiger partial charge is 0.469 e. The van der Waals surface area contributed by atoms with Gasteiger partial charge in [-0.2, -0.15) is 0 Å². The number of ether oxygens (including phenoxy) is 1. The van der Waals surface area contributed by atoms with Crippen molar-refractivity contribution in [1.82, 2.24) is 5.48 Å². The zero-order chi connectivity index (χ0) is 16.8. The Kier molecular flexibility index (Phi) is 6.81. The summed E-state index contributed by atoms with van der Waals surface area (Å²) in [6.07, 6.45) is 4.12. The third-order valence-corrected chi connectivity index (χ3v) is 3.75. The van der Waals surface area contributed by atoms with Gasteiger partial charge < -0.3 is 4.74 Å². The molecule has 0 saturated heterocycles. The van der Waals surface area contributed by atoms with Crippen molar-refractivity contribution in [3.05, 3.63) is 23.9 Å². The van der Waals surface area contributed by atoms with Crippen LogP contribution in [0.15, 0.2) is 23.9 Å². The molecule has 1 saturated carbocycles. The normalized spacial score (nSPS) is 22.9. The van der Waals surface area contributed by atoms with E-state index in [1.165, 1.54) is 7.11 Å². The van der Waals surface area contributed by atoms with Gasteiger partial charge >= 0.3 is 5.97 Å². The Bertz CT molecular complexity index is 465. The van der Waals surface area contributed by atoms with Gasteiger partial charge in [0.1, 0.15) is 0 Å². The van der Waals surface area contributed by atoms with Gasteiger partial charge in [0.25, 0.3) is 0 Å². The first kappa shape index (κ1) is 18.4. The van der Waals surface area contributed by atoms with Crippen LogP contribution in [-0.2, 0) is 19.2 Å². The third-order valence-electron chi connectivity index (χ3n) is 3.75. The lowest BCUT2D eigenvalue weighted by Gasteiger charge is -2.35. The summed E-state index contributed by atoms with van der Waals surface area (Å²) >= 11 is 0. The van der Waals surface area contributed by atoms with Crippen molar-refractivity contribution < 1.29 is 19.2 Å². The second-order valence-electron chi connectivity index (χ2n) is 6.39. The van der Waals surface area contributed by atoms with Gasteiger partial charge in [0.15, 0.2) is 5.78 Å². The van der Waals surface area contributed by atoms with E-state index < -0.39 is 5.92 Å². The lowest BCUT2D eigenvalue weighted by molar-refractivity contribution is -0.147. The molecule has 0 aromatic carbocycles. The molecule has 22 heavy (non-hydrogen) atoms. The van der Waals surface area contributed by atoms with Crippen molar-refractivity contribution >= 4 is 11.8 Å². The predicted octanol–water partition coefficient (Wildman–Crippen LogP) is 2.93. The molecule has 0 amide bonds. The highest BCUT2D eigenvalue weighted by Gasteiger charge is 2.42. The number of methoxy groups -OCH3 is 1. The fraction of sp³-hybridized carbons (Fsp3) is 0.647. The summed E-state index contributed by atoms with van der Waals surface area (Å²) in [5.74, 6) is -0.914. The summed E-state index contributed by atoms with van der Waals surface area (Å²) in [7, 11) is 1.35. The SMILES string of the molecule is C=CCONC(CCC)=C1C(=O)CC(C)(C)CC1C(=O)OC. The van der Waals surface area contributed by atoms with Crippen molar-refractivity contribution in [2.75, 3.05) is 13.7 Å². The van der Waals surface area contributed by atoms with Crippen LogP contribution in [0, 0.1) is 11.3 Å². The van der Waals surface area contributed by atoms with Gasteiger partial charge in [0.2, 0.25) is 0 Å². The van der Waals surface area contributed by atoms with Crippen molar-refractivity contribution in [1.29, 1.82) is 0 Å². The number of esters is 1. The van der Waals surface area contributed by atoms with Gasteiger partial charge in [-0.05, 0) is 18.3 Å². The molecular formula is C17H27NO4. The van der Waals surface area contributed by atoms with Crippen molar-refractivity contribution in [2.45, 2.75) is 46.5 Å². The van der Waals surface area contributed by atoms with E-state index in [4.69, 9.17) is 9.57 Å². The fourth-order valence-electron chi connectivity index (χ4n) is 2.85. The number of ketones is 1. The molecule has 1 fully saturated rings. The van der Waals surface area contributed by atoms with Crippen molar-refractivity contribution in [3.63, 3.8) is 0 Å². The molecule has 0 aliphatic heterocycles. The van der Waals surface area contributed by atoms with Crippen LogP contribution in [0.1, 0.15) is 46.5 Å². The molecule has 1 atom stereocenters. The van der Waals surface area contributed by atoms with Gasteiger partial charge in [0, 0.05) is 17.7 Å². The minimum atomic E-state index is -0.539. The Morgan fingerprint density at radius 1 is 1.50 bits per heavy atom. The zero-order valence-electron chi connectivity index (χ0n) is 14.0. The predicted molar refractivity (Wildman–Crippen MR) is 84.7 cm³/mol. The van der Waals surface area contributed by atoms with Crippen LogP contribution < -0.4 is 5.48 Å². The lowest BCUT2D eigenvalue weighted by atomic mass is 9.68. The van der Waals surface area contributed by atoms with Crippen LogP contribution in [0.4, 0.5) is 0 Å². The summed E-state index contributed by atoms with van der Waals surface area (Å²) in [6.45, 7) is 9.92. The summed E-state index contributed by atoms with van der Waals surface area (Å²) < 4.78 is 4.91. The van der Waals surface area contributed by atoms with E-state index in [2.05, 4.69) is 12.1 Å². The first-order valence-corrected chi connectivity index (χ1v) is 7.69. The average Bonchev–Trinajstić information content (AvgIpc) is 2.44. The van der Waals surface area contributed by atoms with E-state index >= 15 is 0 Å². The molecule has 0 spiro atoms. The third kappa shape index (κ3) is 4.70. The van der Waals surface area contributed by atoms with E-state index in [1.54, 1.807) is 6.08 Å². The maximum absolute atomic E-state index is 12.6. The van der Waals surface area contributed by atoms with E-state index in [9.17, 15) is 9.59 Å². The van der Waals surface area contributed by atoms with Crippen LogP contribution in [0.25, 0.3) is 0 Å². The molecule has 0 aromatic rings. The molecule has 0 aromatic heterocycles. The van der Waals surface area contributed by atoms with Crippen LogP contribution in [-0.4, -0.2) is 25.5 Å². The molecule has 1 rings (SSSR count). The number of Topliss-reactive ketones (excluding diaryl/α,β-unsaturated/α-hetero) is 1. The molecule has 0 radical (unpaired) electrons. The fourth-order valence-corrected chi connectivity index (χ4v) is 2.85. The van der Waals surface area contributed by atoms with Crippen LogP contribution in [0.5, 0.6) is 0 Å². The van der Waals surface area contributed by atoms with E-state index in [0.29, 0.717) is 37.1 Å². The highest BCUT2D eigenvalue weighted by molar-refractivity contribution is 6.02. The molecular weight excluding hydrogens is 282 g/mol. The first-order valence-electron chi connectivity index (χ1n) is 7.69. The van der Waals surface area contributed by atoms with Gasteiger partial charge in [-0.1, -0.05) is 33.3 Å². The number of hydrogen-bond donors (Lipinski definition) is 1. The summed E-state index contributed by atoms with van der Waals surface area (Å²) in [6, 6.07) is 0. The molecule has 1 aliphatic rings. The summed E-state index contributed by atoms with van der Waals surface area (Å²) in [5.41, 5.74) is 3.82. The molecule has 1 N–H and O–H groups in total. The van der Waals surface area contributed by atoms with Crippen LogP contribution in [0.2, 0.25) is 0 Å². The number of nitrogens with one attached hydrogen (secondary N) is 1. The number of hydroxylamine groups is 1. The zero-order valence-corrected chi connectivity index (χ0v) is 14.0. The monoisotopic (exact) mass is 309 g/mol. The van der Waals surface area contributed by atoms with Gasteiger partial charge in [0.05, 0.1) is 19.6 Å². The number of allylic oxidation sites excluding steroid dienone is 1. The molecule has 0 bridgehead atoms. The van der Waals surface area contributed by atoms with E-state index in [0.717, 1.165) is 6.42 Å². The second kappa shape index (κ2) is 8.13. The topological polar surface area (TPSA) is 64.6 Å². The number of carbonyl (C=O) groups is 2. The lowest BCUT2D eigenvalue weighted by Crippen LogP contribution is -2.38. The Labute approximate surface area is 132 Å². The quantitative estimate of drug-likeness (QED) is 0.257. The number of hydrogen-bond acceptors (Lipinski definition) is 5. The highest BCUT2D eigenvalue weighted by Crippen LogP contribution is 2.41. The van der Waals surface area contributed by atoms with E-state index in [1.807, 2.05) is 20.8 Å². The maximum atomic E-state index is 12.6. The minimum Gasteiger partial charge on any atom is -0.469 e. The highest BCUT2D eigenvalue weighted by atomic mass is 16.6. The first-order chi connectivity index (χ1) is 10.4. The van der Waals surface area contributed by atoms with Crippen LogP contribution >= 0.6 is 0 Å². The standard InChI is InChI=1S/C17H27NO4/c1-6-8-13(18-22-9-7-2)15-12(16(20)21-5)10-17(3,4)11-14(15)19/h7,12,18H,2,6,8-11H2,1,3-5H3. The van der Waals surface area contributed by atoms with Gasteiger partial charge in [-0.25, -0.2) is 0 Å². The Morgan fingerprint density at radius 3 is 2.73 bits per heavy atom. The summed E-state index contributed by atoms with van der Waals surface area (Å²) in [5, 5.41) is 0. The maximum Gasteiger partial charge on any atom is 0.313 e. The average molecular weight is 309 g/mol. The molecule has 5 heteroatoms. The molecule has 124 valence electrons. The molecule has 5 nitrogen and oxygen atoms in total. The Morgan fingerprint density at radius 2 is 2.18 bits per heavy atom. The minimum absolute atomic E-state index is 0.00944. The Balaban J connectivity index is 3.19. The smallest absolute Gasteiger partial charge is 0.313 e. The van der Waals surface area contributed by atoms with Gasteiger partial charge in [-0.3, -0.25) is 19.9 Å². The van der Waals surface area contributed by atoms with Crippen LogP contribution in [0.3, 0.4) is 0 Å². The second-order valence-corrected chi connectivity index (χ2v) is 6.39. The molecule has 0 heterocycles. The summed E-state index contributed by atoms with van der Waals surface area (Å²) in [4.78, 5) is 30.0. The molecule has 1 unspecified atom stereocenters. The van der Waals surface area contributed by atoms with Crippen molar-refractivity contribution in [2.24, 2.45) is 11.3 Å². The van der Waals surface area contributed by atoms with Crippen molar-refractivity contribution in [3.8, 4) is 0 Å². The Hall–Kier alpha value is -1.62. The van der Waals surface area contributed by atoms with E-state index in [-0.39, 0.29) is 17.2 Å². The number of rotatable bonds is 7. The van der Waals surface area contributed by atoms with Gasteiger partial charge in [-0.15, -0.1) is 6.58 Å². The number of carbonyl (C=O) groups excluding carboxylic acids is 2.